The number of halogens is 1. The van der Waals surface area contributed by atoms with Crippen molar-refractivity contribution in [3.05, 3.63) is 59.1 Å². The van der Waals surface area contributed by atoms with E-state index in [1.807, 2.05) is 41.0 Å². The summed E-state index contributed by atoms with van der Waals surface area (Å²) in [6.45, 7) is 6.58. The van der Waals surface area contributed by atoms with Crippen molar-refractivity contribution in [3.63, 3.8) is 0 Å². The highest BCUT2D eigenvalue weighted by Gasteiger charge is 2.28. The van der Waals surface area contributed by atoms with Gasteiger partial charge in [-0.25, -0.2) is 0 Å². The van der Waals surface area contributed by atoms with Gasteiger partial charge in [-0.1, -0.05) is 73.8 Å². The number of aryl methyl sites for hydroxylation is 1. The van der Waals surface area contributed by atoms with E-state index in [1.165, 1.54) is 24.6 Å². The summed E-state index contributed by atoms with van der Waals surface area (Å²) in [6.07, 6.45) is 3.48. The fourth-order valence-electron chi connectivity index (χ4n) is 4.32. The third-order valence-electron chi connectivity index (χ3n) is 6.38. The number of aromatic nitrogens is 3. The van der Waals surface area contributed by atoms with Crippen LogP contribution < -0.4 is 5.32 Å². The molecule has 4 rings (SSSR count). The molecule has 0 radical (unpaired) electrons. The highest BCUT2D eigenvalue weighted by molar-refractivity contribution is 7.99. The van der Waals surface area contributed by atoms with Crippen molar-refractivity contribution >= 4 is 29.3 Å². The van der Waals surface area contributed by atoms with Crippen molar-refractivity contribution in [1.29, 1.82) is 0 Å². The zero-order valence-electron chi connectivity index (χ0n) is 18.7. The molecule has 7 heteroatoms. The summed E-state index contributed by atoms with van der Waals surface area (Å²) in [5.74, 6) is 2.24. The molecule has 0 unspecified atom stereocenters. The number of rotatable bonds is 6. The van der Waals surface area contributed by atoms with Gasteiger partial charge in [0.2, 0.25) is 5.91 Å². The van der Waals surface area contributed by atoms with E-state index >= 15 is 0 Å². The van der Waals surface area contributed by atoms with E-state index in [0.29, 0.717) is 27.8 Å². The number of benzene rings is 2. The number of amides is 1. The van der Waals surface area contributed by atoms with Gasteiger partial charge in [-0.3, -0.25) is 9.36 Å². The van der Waals surface area contributed by atoms with Gasteiger partial charge in [0.1, 0.15) is 0 Å². The van der Waals surface area contributed by atoms with E-state index in [-0.39, 0.29) is 11.9 Å². The predicted molar refractivity (Wildman–Crippen MR) is 131 cm³/mol. The van der Waals surface area contributed by atoms with Crippen molar-refractivity contribution in [3.8, 4) is 17.1 Å². The lowest BCUT2D eigenvalue weighted by atomic mass is 9.78. The van der Waals surface area contributed by atoms with Crippen molar-refractivity contribution in [2.45, 2.75) is 51.2 Å². The molecule has 1 aliphatic carbocycles. The summed E-state index contributed by atoms with van der Waals surface area (Å²) in [7, 11) is 0. The van der Waals surface area contributed by atoms with Gasteiger partial charge in [0.15, 0.2) is 11.0 Å². The molecule has 1 saturated carbocycles. The summed E-state index contributed by atoms with van der Waals surface area (Å²) in [4.78, 5) is 12.7. The zero-order valence-corrected chi connectivity index (χ0v) is 20.3. The first-order valence-corrected chi connectivity index (χ1v) is 12.5. The molecule has 1 fully saturated rings. The first kappa shape index (κ1) is 22.9. The molecule has 1 amide bonds. The van der Waals surface area contributed by atoms with Crippen LogP contribution in [0.3, 0.4) is 0 Å². The maximum atomic E-state index is 12.7. The van der Waals surface area contributed by atoms with Crippen LogP contribution in [0.4, 0.5) is 0 Å². The van der Waals surface area contributed by atoms with E-state index in [2.05, 4.69) is 48.4 Å². The third kappa shape index (κ3) is 5.18. The molecule has 0 saturated heterocycles. The predicted octanol–water partition coefficient (Wildman–Crippen LogP) is 5.93. The van der Waals surface area contributed by atoms with E-state index < -0.39 is 0 Å². The molecule has 0 spiro atoms. The van der Waals surface area contributed by atoms with Gasteiger partial charge < -0.3 is 5.32 Å². The number of nitrogens with one attached hydrogen (secondary N) is 1. The van der Waals surface area contributed by atoms with Gasteiger partial charge >= 0.3 is 0 Å². The van der Waals surface area contributed by atoms with Crippen molar-refractivity contribution in [2.24, 2.45) is 11.8 Å². The largest absolute Gasteiger partial charge is 0.352 e. The van der Waals surface area contributed by atoms with Crippen LogP contribution in [0.15, 0.2) is 53.7 Å². The second-order valence-electron chi connectivity index (χ2n) is 8.72. The van der Waals surface area contributed by atoms with Gasteiger partial charge in [-0.2, -0.15) is 0 Å². The Balaban J connectivity index is 1.56. The lowest BCUT2D eigenvalue weighted by molar-refractivity contribution is -0.120. The monoisotopic (exact) mass is 468 g/mol. The molecular weight excluding hydrogens is 440 g/mol. The highest BCUT2D eigenvalue weighted by atomic mass is 35.5. The second-order valence-corrected chi connectivity index (χ2v) is 10.1. The molecule has 1 aromatic heterocycles. The van der Waals surface area contributed by atoms with Crippen LogP contribution in [-0.4, -0.2) is 32.5 Å². The zero-order chi connectivity index (χ0) is 22.7. The molecule has 1 heterocycles. The Hall–Kier alpha value is -2.31. The SMILES string of the molecule is Cc1cccc(-c2nnc(SCC(=O)N[C@@H]3CCC[C@H](C)[C@H]3C)n2-c2ccc(Cl)cc2)c1. The smallest absolute Gasteiger partial charge is 0.230 e. The third-order valence-corrected chi connectivity index (χ3v) is 7.56. The van der Waals surface area contributed by atoms with Crippen LogP contribution >= 0.6 is 23.4 Å². The molecule has 32 heavy (non-hydrogen) atoms. The normalized spacial score (nSPS) is 20.8. The number of thioether (sulfide) groups is 1. The van der Waals surface area contributed by atoms with Crippen LogP contribution in [0.5, 0.6) is 0 Å². The fourth-order valence-corrected chi connectivity index (χ4v) is 5.21. The molecule has 168 valence electrons. The standard InChI is InChI=1S/C25H29ClN4OS/c1-16-6-4-8-19(14-16)24-28-29-25(30(24)21-12-10-20(26)11-13-21)32-15-23(31)27-22-9-5-7-17(2)18(22)3/h4,6,8,10-14,17-18,22H,5,7,9,15H2,1-3H3,(H,27,31)/t17-,18+,22+/m0/s1. The Morgan fingerprint density at radius 2 is 1.94 bits per heavy atom. The van der Waals surface area contributed by atoms with Crippen LogP contribution in [0.1, 0.15) is 38.7 Å². The van der Waals surface area contributed by atoms with Crippen molar-refractivity contribution in [1.82, 2.24) is 20.1 Å². The molecular formula is C25H29ClN4OS. The fraction of sp³-hybridized carbons (Fsp3) is 0.400. The Labute approximate surface area is 199 Å². The first-order chi connectivity index (χ1) is 15.4. The minimum Gasteiger partial charge on any atom is -0.352 e. The summed E-state index contributed by atoms with van der Waals surface area (Å²) in [5, 5.41) is 13.5. The number of carbonyl (C=O) groups excluding carboxylic acids is 1. The quantitative estimate of drug-likeness (QED) is 0.455. The maximum Gasteiger partial charge on any atom is 0.230 e. The lowest BCUT2D eigenvalue weighted by Gasteiger charge is -2.34. The highest BCUT2D eigenvalue weighted by Crippen LogP contribution is 2.31. The van der Waals surface area contributed by atoms with Crippen molar-refractivity contribution < 1.29 is 4.79 Å². The molecule has 2 aromatic carbocycles. The minimum absolute atomic E-state index is 0.0451. The Kier molecular flexibility index (Phi) is 7.21. The number of nitrogens with zero attached hydrogens (tertiary/aromatic N) is 3. The van der Waals surface area contributed by atoms with Gasteiger partial charge in [0.05, 0.1) is 5.75 Å². The van der Waals surface area contributed by atoms with Crippen LogP contribution in [0, 0.1) is 18.8 Å². The van der Waals surface area contributed by atoms with E-state index in [0.717, 1.165) is 29.1 Å². The summed E-state index contributed by atoms with van der Waals surface area (Å²) < 4.78 is 1.99. The van der Waals surface area contributed by atoms with E-state index in [9.17, 15) is 4.79 Å². The molecule has 1 N–H and O–H groups in total. The first-order valence-electron chi connectivity index (χ1n) is 11.1. The second kappa shape index (κ2) is 10.1. The minimum atomic E-state index is 0.0451. The molecule has 3 aromatic rings. The molecule has 1 aliphatic rings. The van der Waals surface area contributed by atoms with E-state index in [4.69, 9.17) is 11.6 Å². The summed E-state index contributed by atoms with van der Waals surface area (Å²) in [6, 6.07) is 16.0. The molecule has 3 atom stereocenters. The van der Waals surface area contributed by atoms with Gasteiger partial charge in [0, 0.05) is 22.3 Å². The number of carbonyl (C=O) groups is 1. The van der Waals surface area contributed by atoms with E-state index in [1.54, 1.807) is 0 Å². The maximum absolute atomic E-state index is 12.7. The molecule has 0 aliphatic heterocycles. The van der Waals surface area contributed by atoms with Gasteiger partial charge in [0.25, 0.3) is 0 Å². The van der Waals surface area contributed by atoms with Crippen LogP contribution in [0.25, 0.3) is 17.1 Å². The molecule has 0 bridgehead atoms. The Bertz CT molecular complexity index is 1080. The number of hydrogen-bond acceptors (Lipinski definition) is 4. The topological polar surface area (TPSA) is 59.8 Å². The number of hydrogen-bond donors (Lipinski definition) is 1. The van der Waals surface area contributed by atoms with Gasteiger partial charge in [-0.15, -0.1) is 10.2 Å². The summed E-state index contributed by atoms with van der Waals surface area (Å²) in [5.41, 5.74) is 3.04. The lowest BCUT2D eigenvalue weighted by Crippen LogP contribution is -2.44. The average Bonchev–Trinajstić information content (AvgIpc) is 3.20. The van der Waals surface area contributed by atoms with Gasteiger partial charge in [-0.05, 0) is 55.5 Å². The molecule has 5 nitrogen and oxygen atoms in total. The summed E-state index contributed by atoms with van der Waals surface area (Å²) >= 11 is 7.52. The van der Waals surface area contributed by atoms with Crippen LogP contribution in [0.2, 0.25) is 5.02 Å². The van der Waals surface area contributed by atoms with Crippen molar-refractivity contribution in [2.75, 3.05) is 5.75 Å². The Morgan fingerprint density at radius 1 is 1.16 bits per heavy atom. The Morgan fingerprint density at radius 3 is 2.69 bits per heavy atom. The average molecular weight is 469 g/mol. The van der Waals surface area contributed by atoms with Crippen LogP contribution in [-0.2, 0) is 4.79 Å².